The lowest BCUT2D eigenvalue weighted by Gasteiger charge is -2.29. The van der Waals surface area contributed by atoms with E-state index in [4.69, 9.17) is 4.74 Å². The normalized spacial score (nSPS) is 20.9. The maximum absolute atomic E-state index is 9.72. The summed E-state index contributed by atoms with van der Waals surface area (Å²) < 4.78 is 5.22. The summed E-state index contributed by atoms with van der Waals surface area (Å²) in [5.41, 5.74) is 1.20. The summed E-state index contributed by atoms with van der Waals surface area (Å²) in [7, 11) is 1.59. The van der Waals surface area contributed by atoms with E-state index in [0.29, 0.717) is 17.8 Å². The van der Waals surface area contributed by atoms with Crippen molar-refractivity contribution in [2.24, 2.45) is 0 Å². The van der Waals surface area contributed by atoms with E-state index in [1.54, 1.807) is 13.2 Å². The molecule has 0 saturated carbocycles. The van der Waals surface area contributed by atoms with Gasteiger partial charge in [0.2, 0.25) is 0 Å². The predicted molar refractivity (Wildman–Crippen MR) is 86.0 cm³/mol. The van der Waals surface area contributed by atoms with Crippen LogP contribution in [0, 0.1) is 0 Å². The van der Waals surface area contributed by atoms with Gasteiger partial charge in [-0.3, -0.25) is 9.80 Å². The third kappa shape index (κ3) is 3.50. The monoisotopic (exact) mass is 292 g/mol. The Morgan fingerprint density at radius 1 is 1.38 bits per heavy atom. The fourth-order valence-corrected chi connectivity index (χ4v) is 3.32. The number of hydrogen-bond acceptors (Lipinski definition) is 4. The molecule has 1 heterocycles. The maximum Gasteiger partial charge on any atom is 0.160 e. The third-order valence-electron chi connectivity index (χ3n) is 4.76. The van der Waals surface area contributed by atoms with Crippen LogP contribution < -0.4 is 4.74 Å². The Hall–Kier alpha value is -1.26. The lowest BCUT2D eigenvalue weighted by molar-refractivity contribution is 0.193. The number of rotatable bonds is 6. The van der Waals surface area contributed by atoms with E-state index in [-0.39, 0.29) is 5.75 Å². The Kier molecular flexibility index (Phi) is 5.48. The molecule has 1 saturated heterocycles. The Morgan fingerprint density at radius 2 is 2.10 bits per heavy atom. The van der Waals surface area contributed by atoms with Crippen LogP contribution in [0.25, 0.3) is 0 Å². The fraction of sp³-hybridized carbons (Fsp3) is 0.647. The SMILES string of the molecule is CCN(CC)C1CCN(C(C)c2ccc(O)c(OC)c2)C1. The third-order valence-corrected chi connectivity index (χ3v) is 4.76. The molecule has 1 aromatic rings. The van der Waals surface area contributed by atoms with Crippen molar-refractivity contribution in [2.75, 3.05) is 33.3 Å². The number of phenols is 1. The average molecular weight is 292 g/mol. The highest BCUT2D eigenvalue weighted by molar-refractivity contribution is 5.42. The van der Waals surface area contributed by atoms with Gasteiger partial charge in [-0.05, 0) is 44.1 Å². The van der Waals surface area contributed by atoms with Crippen molar-refractivity contribution in [1.82, 2.24) is 9.80 Å². The number of benzene rings is 1. The lowest BCUT2D eigenvalue weighted by atomic mass is 10.1. The minimum atomic E-state index is 0.205. The van der Waals surface area contributed by atoms with E-state index in [9.17, 15) is 5.11 Å². The second-order valence-corrected chi connectivity index (χ2v) is 5.77. The molecule has 21 heavy (non-hydrogen) atoms. The van der Waals surface area contributed by atoms with Crippen LogP contribution in [-0.4, -0.2) is 54.2 Å². The summed E-state index contributed by atoms with van der Waals surface area (Å²) in [4.78, 5) is 5.07. The van der Waals surface area contributed by atoms with Crippen LogP contribution in [-0.2, 0) is 0 Å². The summed E-state index contributed by atoms with van der Waals surface area (Å²) in [5.74, 6) is 0.759. The minimum Gasteiger partial charge on any atom is -0.504 e. The van der Waals surface area contributed by atoms with Crippen LogP contribution >= 0.6 is 0 Å². The molecule has 0 spiro atoms. The van der Waals surface area contributed by atoms with E-state index in [1.165, 1.54) is 12.0 Å². The van der Waals surface area contributed by atoms with Gasteiger partial charge in [-0.25, -0.2) is 0 Å². The second kappa shape index (κ2) is 7.14. The van der Waals surface area contributed by atoms with Crippen molar-refractivity contribution in [2.45, 2.75) is 39.3 Å². The number of hydrogen-bond donors (Lipinski definition) is 1. The van der Waals surface area contributed by atoms with Crippen molar-refractivity contribution in [1.29, 1.82) is 0 Å². The van der Waals surface area contributed by atoms with Crippen molar-refractivity contribution in [3.8, 4) is 11.5 Å². The largest absolute Gasteiger partial charge is 0.504 e. The van der Waals surface area contributed by atoms with E-state index < -0.39 is 0 Å². The van der Waals surface area contributed by atoms with E-state index in [0.717, 1.165) is 26.2 Å². The Morgan fingerprint density at radius 3 is 2.71 bits per heavy atom. The van der Waals surface area contributed by atoms with Gasteiger partial charge in [0.25, 0.3) is 0 Å². The molecule has 4 nitrogen and oxygen atoms in total. The smallest absolute Gasteiger partial charge is 0.160 e. The molecule has 118 valence electrons. The molecule has 2 unspecified atom stereocenters. The highest BCUT2D eigenvalue weighted by atomic mass is 16.5. The van der Waals surface area contributed by atoms with Crippen LogP contribution in [0.4, 0.5) is 0 Å². The lowest BCUT2D eigenvalue weighted by Crippen LogP contribution is -2.37. The molecular weight excluding hydrogens is 264 g/mol. The van der Waals surface area contributed by atoms with Crippen LogP contribution in [0.1, 0.15) is 38.8 Å². The summed E-state index contributed by atoms with van der Waals surface area (Å²) in [6, 6.07) is 6.68. The quantitative estimate of drug-likeness (QED) is 0.874. The van der Waals surface area contributed by atoms with Gasteiger partial charge in [0.05, 0.1) is 7.11 Å². The first kappa shape index (κ1) is 16.1. The number of phenolic OH excluding ortho intramolecular Hbond substituents is 1. The van der Waals surface area contributed by atoms with Gasteiger partial charge in [0.1, 0.15) is 0 Å². The minimum absolute atomic E-state index is 0.205. The zero-order valence-corrected chi connectivity index (χ0v) is 13.7. The fourth-order valence-electron chi connectivity index (χ4n) is 3.32. The standard InChI is InChI=1S/C17H28N2O2/c1-5-18(6-2)15-9-10-19(12-15)13(3)14-7-8-16(20)17(11-14)21-4/h7-8,11,13,15,20H,5-6,9-10,12H2,1-4H3. The molecule has 0 radical (unpaired) electrons. The average Bonchev–Trinajstić information content (AvgIpc) is 2.98. The summed E-state index contributed by atoms with van der Waals surface area (Å²) in [5, 5.41) is 9.72. The second-order valence-electron chi connectivity index (χ2n) is 5.77. The molecule has 4 heteroatoms. The molecule has 1 aliphatic rings. The summed E-state index contributed by atoms with van der Waals surface area (Å²) in [6.45, 7) is 11.2. The molecule has 2 rings (SSSR count). The van der Waals surface area contributed by atoms with Gasteiger partial charge in [-0.1, -0.05) is 19.9 Å². The van der Waals surface area contributed by atoms with Gasteiger partial charge in [0, 0.05) is 25.2 Å². The van der Waals surface area contributed by atoms with E-state index in [2.05, 4.69) is 30.6 Å². The number of likely N-dealkylation sites (N-methyl/N-ethyl adjacent to an activating group) is 1. The Balaban J connectivity index is 2.06. The molecule has 1 N–H and O–H groups in total. The highest BCUT2D eigenvalue weighted by Gasteiger charge is 2.29. The maximum atomic E-state index is 9.72. The molecule has 0 aromatic heterocycles. The first-order chi connectivity index (χ1) is 10.1. The number of likely N-dealkylation sites (tertiary alicyclic amines) is 1. The van der Waals surface area contributed by atoms with Gasteiger partial charge in [-0.15, -0.1) is 0 Å². The van der Waals surface area contributed by atoms with Crippen molar-refractivity contribution >= 4 is 0 Å². The van der Waals surface area contributed by atoms with E-state index >= 15 is 0 Å². The molecule has 2 atom stereocenters. The number of aromatic hydroxyl groups is 1. The molecular formula is C17H28N2O2. The van der Waals surface area contributed by atoms with Crippen molar-refractivity contribution < 1.29 is 9.84 Å². The summed E-state index contributed by atoms with van der Waals surface area (Å²) in [6.07, 6.45) is 1.24. The zero-order chi connectivity index (χ0) is 15.4. The van der Waals surface area contributed by atoms with Crippen molar-refractivity contribution in [3.63, 3.8) is 0 Å². The number of nitrogens with zero attached hydrogens (tertiary/aromatic N) is 2. The molecule has 1 aliphatic heterocycles. The van der Waals surface area contributed by atoms with Crippen LogP contribution in [0.2, 0.25) is 0 Å². The molecule has 0 amide bonds. The molecule has 1 fully saturated rings. The molecule has 0 aliphatic carbocycles. The van der Waals surface area contributed by atoms with Gasteiger partial charge < -0.3 is 9.84 Å². The van der Waals surface area contributed by atoms with Gasteiger partial charge >= 0.3 is 0 Å². The van der Waals surface area contributed by atoms with E-state index in [1.807, 2.05) is 12.1 Å². The number of ether oxygens (including phenoxy) is 1. The van der Waals surface area contributed by atoms with Crippen LogP contribution in [0.3, 0.4) is 0 Å². The Bertz CT molecular complexity index is 460. The first-order valence-electron chi connectivity index (χ1n) is 7.95. The van der Waals surface area contributed by atoms with Crippen LogP contribution in [0.5, 0.6) is 11.5 Å². The topological polar surface area (TPSA) is 35.9 Å². The van der Waals surface area contributed by atoms with Gasteiger partial charge in [-0.2, -0.15) is 0 Å². The Labute approximate surface area is 128 Å². The van der Waals surface area contributed by atoms with Gasteiger partial charge in [0.15, 0.2) is 11.5 Å². The molecule has 0 bridgehead atoms. The predicted octanol–water partition coefficient (Wildman–Crippen LogP) is 2.88. The zero-order valence-electron chi connectivity index (χ0n) is 13.7. The number of methoxy groups -OCH3 is 1. The van der Waals surface area contributed by atoms with Crippen molar-refractivity contribution in [3.05, 3.63) is 23.8 Å². The first-order valence-corrected chi connectivity index (χ1v) is 7.95. The molecule has 1 aromatic carbocycles. The summed E-state index contributed by atoms with van der Waals surface area (Å²) >= 11 is 0. The van der Waals surface area contributed by atoms with Crippen LogP contribution in [0.15, 0.2) is 18.2 Å². The highest BCUT2D eigenvalue weighted by Crippen LogP contribution is 2.32.